The molecule has 2 unspecified atom stereocenters. The third-order valence-corrected chi connectivity index (χ3v) is 8.91. The number of hydrogen-bond donors (Lipinski definition) is 0. The molecule has 0 saturated heterocycles. The van der Waals surface area contributed by atoms with Crippen molar-refractivity contribution in [3.63, 3.8) is 0 Å². The van der Waals surface area contributed by atoms with Crippen LogP contribution in [-0.4, -0.2) is 0 Å². The van der Waals surface area contributed by atoms with Gasteiger partial charge in [0.2, 0.25) is 0 Å². The van der Waals surface area contributed by atoms with Gasteiger partial charge in [0.1, 0.15) is 11.5 Å². The smallest absolute Gasteiger partial charge is 0.134 e. The summed E-state index contributed by atoms with van der Waals surface area (Å²) in [5.74, 6) is 2.07. The van der Waals surface area contributed by atoms with Gasteiger partial charge < -0.3 is 4.74 Å². The second-order valence-corrected chi connectivity index (χ2v) is 10.3. The molecular formula is C27H24OP2. The molecule has 0 N–H and O–H groups in total. The van der Waals surface area contributed by atoms with Crippen LogP contribution in [0.5, 0.6) is 11.5 Å². The molecule has 0 radical (unpaired) electrons. The molecule has 2 atom stereocenters. The number of benzene rings is 4. The quantitative estimate of drug-likeness (QED) is 0.356. The van der Waals surface area contributed by atoms with Gasteiger partial charge in [-0.1, -0.05) is 96.0 Å². The van der Waals surface area contributed by atoms with Crippen LogP contribution in [0.15, 0.2) is 84.9 Å². The summed E-state index contributed by atoms with van der Waals surface area (Å²) in [4.78, 5) is 0. The third-order valence-electron chi connectivity index (χ3n) is 5.74. The van der Waals surface area contributed by atoms with Gasteiger partial charge in [0, 0.05) is 12.0 Å². The Morgan fingerprint density at radius 2 is 1.20 bits per heavy atom. The highest BCUT2D eigenvalue weighted by molar-refractivity contribution is 7.62. The average molecular weight is 426 g/mol. The summed E-state index contributed by atoms with van der Waals surface area (Å²) in [5, 5.41) is 5.72. The van der Waals surface area contributed by atoms with E-state index in [0.717, 1.165) is 17.9 Å². The second-order valence-electron chi connectivity index (χ2n) is 7.68. The molecule has 148 valence electrons. The Morgan fingerprint density at radius 1 is 0.633 bits per heavy atom. The van der Waals surface area contributed by atoms with Crippen LogP contribution < -0.4 is 26.0 Å². The van der Waals surface area contributed by atoms with Gasteiger partial charge in [0.25, 0.3) is 0 Å². The predicted molar refractivity (Wildman–Crippen MR) is 133 cm³/mol. The van der Waals surface area contributed by atoms with Crippen LogP contribution in [0.3, 0.4) is 0 Å². The molecule has 4 aromatic rings. The molecule has 1 heterocycles. The summed E-state index contributed by atoms with van der Waals surface area (Å²) in [6, 6.07) is 30.2. The highest BCUT2D eigenvalue weighted by Crippen LogP contribution is 2.41. The van der Waals surface area contributed by atoms with Crippen LogP contribution in [0.25, 0.3) is 0 Å². The molecule has 0 amide bonds. The second kappa shape index (κ2) is 8.35. The SMILES string of the molecule is Cc1c(C)c(Pc2ccccc2)c(Pc2ccccc2)c2c1Oc1ccccc1C2. The van der Waals surface area contributed by atoms with Crippen molar-refractivity contribution >= 4 is 38.4 Å². The molecule has 0 saturated carbocycles. The van der Waals surface area contributed by atoms with Gasteiger partial charge in [-0.2, -0.15) is 0 Å². The Morgan fingerprint density at radius 3 is 1.87 bits per heavy atom. The van der Waals surface area contributed by atoms with E-state index in [0.29, 0.717) is 17.2 Å². The lowest BCUT2D eigenvalue weighted by atomic mass is 9.95. The summed E-state index contributed by atoms with van der Waals surface area (Å²) in [7, 11) is 1.27. The Balaban J connectivity index is 1.69. The molecular weight excluding hydrogens is 402 g/mol. The maximum atomic E-state index is 6.48. The highest BCUT2D eigenvalue weighted by atomic mass is 31.1. The Bertz CT molecular complexity index is 1190. The number of hydrogen-bond acceptors (Lipinski definition) is 1. The number of rotatable bonds is 4. The lowest BCUT2D eigenvalue weighted by Gasteiger charge is -2.28. The van der Waals surface area contributed by atoms with Gasteiger partial charge in [-0.15, -0.1) is 0 Å². The van der Waals surface area contributed by atoms with Crippen LogP contribution in [0.2, 0.25) is 0 Å². The van der Waals surface area contributed by atoms with E-state index in [1.54, 1.807) is 0 Å². The number of para-hydroxylation sites is 1. The van der Waals surface area contributed by atoms with E-state index in [1.807, 2.05) is 0 Å². The van der Waals surface area contributed by atoms with Gasteiger partial charge >= 0.3 is 0 Å². The largest absolute Gasteiger partial charge is 0.456 e. The van der Waals surface area contributed by atoms with Crippen molar-refractivity contribution in [2.45, 2.75) is 20.3 Å². The molecule has 0 bridgehead atoms. The van der Waals surface area contributed by atoms with E-state index in [9.17, 15) is 0 Å². The molecule has 0 fully saturated rings. The maximum Gasteiger partial charge on any atom is 0.134 e. The molecule has 1 nitrogen and oxygen atoms in total. The first-order valence-corrected chi connectivity index (χ1v) is 12.3. The van der Waals surface area contributed by atoms with Crippen LogP contribution in [0.1, 0.15) is 22.3 Å². The minimum atomic E-state index is 0.623. The van der Waals surface area contributed by atoms with Crippen molar-refractivity contribution in [3.8, 4) is 11.5 Å². The standard InChI is InChI=1S/C27H24OP2/c1-18-19(2)26(29-21-12-5-3-6-13-21)27(30-22-14-7-4-8-15-22)23-17-20-11-9-10-16-24(20)28-25(18)23/h3-16,29-30H,17H2,1-2H3. The average Bonchev–Trinajstić information content (AvgIpc) is 2.80. The normalized spacial score (nSPS) is 12.9. The fourth-order valence-electron chi connectivity index (χ4n) is 4.02. The first-order chi connectivity index (χ1) is 14.7. The topological polar surface area (TPSA) is 9.23 Å². The van der Waals surface area contributed by atoms with Crippen LogP contribution in [-0.2, 0) is 6.42 Å². The number of ether oxygens (including phenoxy) is 1. The fourth-order valence-corrected chi connectivity index (χ4v) is 7.01. The Kier molecular flexibility index (Phi) is 5.43. The van der Waals surface area contributed by atoms with Crippen molar-refractivity contribution in [2.24, 2.45) is 0 Å². The molecule has 1 aliphatic rings. The Hall–Kier alpha value is -2.46. The van der Waals surface area contributed by atoms with Gasteiger partial charge in [0.15, 0.2) is 0 Å². The van der Waals surface area contributed by atoms with Crippen LogP contribution >= 0.6 is 17.2 Å². The van der Waals surface area contributed by atoms with E-state index in [2.05, 4.69) is 98.8 Å². The molecule has 0 spiro atoms. The van der Waals surface area contributed by atoms with E-state index in [-0.39, 0.29) is 0 Å². The summed E-state index contributed by atoms with van der Waals surface area (Å²) in [6.07, 6.45) is 0.939. The first kappa shape index (κ1) is 19.5. The highest BCUT2D eigenvalue weighted by Gasteiger charge is 2.26. The summed E-state index contributed by atoms with van der Waals surface area (Å²) in [6.45, 7) is 4.49. The van der Waals surface area contributed by atoms with Gasteiger partial charge in [-0.05, 0) is 57.8 Å². The molecule has 30 heavy (non-hydrogen) atoms. The molecule has 4 aromatic carbocycles. The minimum Gasteiger partial charge on any atom is -0.456 e. The fraction of sp³-hybridized carbons (Fsp3) is 0.111. The van der Waals surface area contributed by atoms with E-state index in [1.165, 1.54) is 43.5 Å². The van der Waals surface area contributed by atoms with Gasteiger partial charge in [-0.25, -0.2) is 0 Å². The zero-order chi connectivity index (χ0) is 20.5. The third kappa shape index (κ3) is 3.69. The zero-order valence-electron chi connectivity index (χ0n) is 17.2. The van der Waals surface area contributed by atoms with Gasteiger partial charge in [-0.3, -0.25) is 0 Å². The molecule has 0 aromatic heterocycles. The zero-order valence-corrected chi connectivity index (χ0v) is 19.2. The van der Waals surface area contributed by atoms with Crippen molar-refractivity contribution in [1.82, 2.24) is 0 Å². The molecule has 1 aliphatic heterocycles. The van der Waals surface area contributed by atoms with Crippen molar-refractivity contribution < 1.29 is 4.74 Å². The lowest BCUT2D eigenvalue weighted by molar-refractivity contribution is 0.457. The first-order valence-electron chi connectivity index (χ1n) is 10.3. The van der Waals surface area contributed by atoms with E-state index >= 15 is 0 Å². The number of fused-ring (bicyclic) bond motifs is 2. The van der Waals surface area contributed by atoms with Crippen molar-refractivity contribution in [3.05, 3.63) is 107 Å². The molecule has 0 aliphatic carbocycles. The van der Waals surface area contributed by atoms with Crippen molar-refractivity contribution in [1.29, 1.82) is 0 Å². The van der Waals surface area contributed by atoms with Crippen LogP contribution in [0, 0.1) is 13.8 Å². The molecule has 5 rings (SSSR count). The summed E-state index contributed by atoms with van der Waals surface area (Å²) in [5.41, 5.74) is 5.30. The van der Waals surface area contributed by atoms with E-state index < -0.39 is 0 Å². The van der Waals surface area contributed by atoms with Gasteiger partial charge in [0.05, 0.1) is 0 Å². The minimum absolute atomic E-state index is 0.623. The van der Waals surface area contributed by atoms with Crippen molar-refractivity contribution in [2.75, 3.05) is 0 Å². The Labute approximate surface area is 182 Å². The monoisotopic (exact) mass is 426 g/mol. The summed E-state index contributed by atoms with van der Waals surface area (Å²) >= 11 is 0. The summed E-state index contributed by atoms with van der Waals surface area (Å²) < 4.78 is 6.48. The lowest BCUT2D eigenvalue weighted by Crippen LogP contribution is -2.30. The molecule has 3 heteroatoms. The maximum absolute atomic E-state index is 6.48. The van der Waals surface area contributed by atoms with E-state index in [4.69, 9.17) is 4.74 Å². The predicted octanol–water partition coefficient (Wildman–Crippen LogP) is 5.26. The van der Waals surface area contributed by atoms with Crippen LogP contribution in [0.4, 0.5) is 0 Å².